The Bertz CT molecular complexity index is 737. The van der Waals surface area contributed by atoms with Gasteiger partial charge in [-0.25, -0.2) is 8.42 Å². The molecule has 2 aromatic carbocycles. The van der Waals surface area contributed by atoms with E-state index in [-0.39, 0.29) is 4.90 Å². The van der Waals surface area contributed by atoms with Gasteiger partial charge in [0.05, 0.1) is 15.5 Å². The van der Waals surface area contributed by atoms with Gasteiger partial charge in [0, 0.05) is 6.26 Å². The van der Waals surface area contributed by atoms with Crippen LogP contribution in [0.2, 0.25) is 0 Å². The van der Waals surface area contributed by atoms with Crippen LogP contribution in [0.5, 0.6) is 11.5 Å². The summed E-state index contributed by atoms with van der Waals surface area (Å²) < 4.78 is 29.2. The maximum absolute atomic E-state index is 11.4. The molecule has 0 saturated heterocycles. The molecular formula is C15H15BrO4S. The van der Waals surface area contributed by atoms with Crippen LogP contribution >= 0.6 is 15.9 Å². The first kappa shape index (κ1) is 16.0. The predicted octanol–water partition coefficient (Wildman–Crippen LogP) is 3.70. The van der Waals surface area contributed by atoms with Crippen molar-refractivity contribution in [3.05, 3.63) is 52.5 Å². The van der Waals surface area contributed by atoms with Crippen molar-refractivity contribution in [2.75, 3.05) is 6.26 Å². The Balaban J connectivity index is 2.22. The lowest BCUT2D eigenvalue weighted by Crippen LogP contribution is -1.96. The summed E-state index contributed by atoms with van der Waals surface area (Å²) in [6, 6.07) is 11.5. The van der Waals surface area contributed by atoms with Gasteiger partial charge in [-0.05, 0) is 64.8 Å². The lowest BCUT2D eigenvalue weighted by molar-refractivity contribution is 0.199. The standard InChI is InChI=1S/C15H15BrO4S/c1-10(17)11-3-8-15(14(16)9-11)20-12-4-6-13(7-5-12)21(2,18)19/h3-10,17H,1-2H3/t10-/m0/s1. The average Bonchev–Trinajstić information content (AvgIpc) is 2.40. The van der Waals surface area contributed by atoms with Crippen LogP contribution in [-0.4, -0.2) is 19.8 Å². The molecule has 0 fully saturated rings. The van der Waals surface area contributed by atoms with Gasteiger partial charge in [0.15, 0.2) is 9.84 Å². The van der Waals surface area contributed by atoms with Crippen LogP contribution in [0.4, 0.5) is 0 Å². The first-order valence-corrected chi connectivity index (χ1v) is 8.91. The molecule has 0 aliphatic carbocycles. The molecule has 0 radical (unpaired) electrons. The minimum Gasteiger partial charge on any atom is -0.456 e. The summed E-state index contributed by atoms with van der Waals surface area (Å²) in [6.07, 6.45) is 0.609. The first-order valence-electron chi connectivity index (χ1n) is 6.23. The second-order valence-corrected chi connectivity index (χ2v) is 7.58. The third-order valence-corrected chi connectivity index (χ3v) is 4.67. The van der Waals surface area contributed by atoms with E-state index in [4.69, 9.17) is 4.74 Å². The van der Waals surface area contributed by atoms with Gasteiger partial charge < -0.3 is 9.84 Å². The second-order valence-electron chi connectivity index (χ2n) is 4.71. The number of hydrogen-bond donors (Lipinski definition) is 1. The maximum Gasteiger partial charge on any atom is 0.175 e. The van der Waals surface area contributed by atoms with Gasteiger partial charge in [-0.1, -0.05) is 6.07 Å². The first-order chi connectivity index (χ1) is 9.77. The van der Waals surface area contributed by atoms with E-state index in [2.05, 4.69) is 15.9 Å². The van der Waals surface area contributed by atoms with Crippen LogP contribution in [0.15, 0.2) is 51.8 Å². The van der Waals surface area contributed by atoms with Crippen molar-refractivity contribution in [1.29, 1.82) is 0 Å². The number of hydrogen-bond acceptors (Lipinski definition) is 4. The van der Waals surface area contributed by atoms with Crippen molar-refractivity contribution >= 4 is 25.8 Å². The molecule has 2 aromatic rings. The molecule has 112 valence electrons. The topological polar surface area (TPSA) is 63.6 Å². The van der Waals surface area contributed by atoms with Crippen LogP contribution in [0, 0.1) is 0 Å². The molecule has 0 spiro atoms. The summed E-state index contributed by atoms with van der Waals surface area (Å²) in [4.78, 5) is 0.248. The molecule has 6 heteroatoms. The SMILES string of the molecule is C[C@H](O)c1ccc(Oc2ccc(S(C)(=O)=O)cc2)c(Br)c1. The number of halogens is 1. The van der Waals surface area contributed by atoms with Gasteiger partial charge in [0.1, 0.15) is 11.5 Å². The molecule has 4 nitrogen and oxygen atoms in total. The molecule has 0 aromatic heterocycles. The van der Waals surface area contributed by atoms with Crippen LogP contribution in [-0.2, 0) is 9.84 Å². The molecule has 0 amide bonds. The Morgan fingerprint density at radius 1 is 1.14 bits per heavy atom. The van der Waals surface area contributed by atoms with Crippen molar-refractivity contribution in [2.24, 2.45) is 0 Å². The third kappa shape index (κ3) is 4.06. The Morgan fingerprint density at radius 3 is 2.24 bits per heavy atom. The third-order valence-electron chi connectivity index (χ3n) is 2.92. The van der Waals surface area contributed by atoms with E-state index in [1.165, 1.54) is 12.1 Å². The summed E-state index contributed by atoms with van der Waals surface area (Å²) in [5, 5.41) is 9.52. The van der Waals surface area contributed by atoms with Crippen molar-refractivity contribution < 1.29 is 18.3 Å². The monoisotopic (exact) mass is 370 g/mol. The number of aliphatic hydroxyl groups excluding tert-OH is 1. The molecule has 0 heterocycles. The molecule has 0 bridgehead atoms. The molecule has 0 unspecified atom stereocenters. The highest BCUT2D eigenvalue weighted by Gasteiger charge is 2.09. The molecule has 0 saturated carbocycles. The van der Waals surface area contributed by atoms with E-state index in [0.29, 0.717) is 16.0 Å². The highest BCUT2D eigenvalue weighted by atomic mass is 79.9. The van der Waals surface area contributed by atoms with Gasteiger partial charge in [-0.2, -0.15) is 0 Å². The second kappa shape index (κ2) is 6.17. The molecule has 0 aliphatic heterocycles. The van der Waals surface area contributed by atoms with Crippen molar-refractivity contribution in [3.63, 3.8) is 0 Å². The minimum absolute atomic E-state index is 0.248. The Morgan fingerprint density at radius 2 is 1.76 bits per heavy atom. The Kier molecular flexibility index (Phi) is 4.70. The van der Waals surface area contributed by atoms with Gasteiger partial charge in [-0.15, -0.1) is 0 Å². The van der Waals surface area contributed by atoms with E-state index in [1.54, 1.807) is 37.3 Å². The highest BCUT2D eigenvalue weighted by Crippen LogP contribution is 2.32. The summed E-state index contributed by atoms with van der Waals surface area (Å²) >= 11 is 3.39. The predicted molar refractivity (Wildman–Crippen MR) is 84.4 cm³/mol. The zero-order chi connectivity index (χ0) is 15.6. The minimum atomic E-state index is -3.21. The average molecular weight is 371 g/mol. The molecule has 0 aliphatic rings. The van der Waals surface area contributed by atoms with Crippen molar-refractivity contribution in [1.82, 2.24) is 0 Å². The fourth-order valence-corrected chi connectivity index (χ4v) is 2.85. The zero-order valence-corrected chi connectivity index (χ0v) is 14.0. The lowest BCUT2D eigenvalue weighted by Gasteiger charge is -2.11. The van der Waals surface area contributed by atoms with Gasteiger partial charge in [-0.3, -0.25) is 0 Å². The number of sulfone groups is 1. The fourth-order valence-electron chi connectivity index (χ4n) is 1.74. The molecule has 2 rings (SSSR count). The molecule has 1 N–H and O–H groups in total. The van der Waals surface area contributed by atoms with Gasteiger partial charge in [0.25, 0.3) is 0 Å². The maximum atomic E-state index is 11.4. The number of benzene rings is 2. The van der Waals surface area contributed by atoms with Crippen LogP contribution < -0.4 is 4.74 Å². The summed E-state index contributed by atoms with van der Waals surface area (Å²) in [7, 11) is -3.21. The van der Waals surface area contributed by atoms with Crippen LogP contribution in [0.1, 0.15) is 18.6 Å². The summed E-state index contributed by atoms with van der Waals surface area (Å²) in [5.41, 5.74) is 0.779. The highest BCUT2D eigenvalue weighted by molar-refractivity contribution is 9.10. The van der Waals surface area contributed by atoms with E-state index >= 15 is 0 Å². The lowest BCUT2D eigenvalue weighted by atomic mass is 10.1. The fraction of sp³-hybridized carbons (Fsp3) is 0.200. The van der Waals surface area contributed by atoms with Crippen molar-refractivity contribution in [2.45, 2.75) is 17.9 Å². The Hall–Kier alpha value is -1.37. The number of aliphatic hydroxyl groups is 1. The van der Waals surface area contributed by atoms with Crippen LogP contribution in [0.3, 0.4) is 0 Å². The zero-order valence-electron chi connectivity index (χ0n) is 11.6. The molecule has 21 heavy (non-hydrogen) atoms. The van der Waals surface area contributed by atoms with E-state index in [9.17, 15) is 13.5 Å². The molecule has 1 atom stereocenters. The van der Waals surface area contributed by atoms with Gasteiger partial charge >= 0.3 is 0 Å². The Labute approximate surface area is 132 Å². The van der Waals surface area contributed by atoms with E-state index in [0.717, 1.165) is 11.8 Å². The largest absolute Gasteiger partial charge is 0.456 e. The summed E-state index contributed by atoms with van der Waals surface area (Å²) in [6.45, 7) is 1.69. The van der Waals surface area contributed by atoms with Gasteiger partial charge in [0.2, 0.25) is 0 Å². The number of ether oxygens (including phenoxy) is 1. The molecular weight excluding hydrogens is 356 g/mol. The normalized spacial score (nSPS) is 13.0. The van der Waals surface area contributed by atoms with E-state index < -0.39 is 15.9 Å². The quantitative estimate of drug-likeness (QED) is 0.890. The smallest absolute Gasteiger partial charge is 0.175 e. The van der Waals surface area contributed by atoms with E-state index in [1.807, 2.05) is 0 Å². The van der Waals surface area contributed by atoms with Crippen molar-refractivity contribution in [3.8, 4) is 11.5 Å². The summed E-state index contributed by atoms with van der Waals surface area (Å²) in [5.74, 6) is 1.12. The van der Waals surface area contributed by atoms with Crippen LogP contribution in [0.25, 0.3) is 0 Å². The number of rotatable bonds is 4.